The molecule has 0 saturated carbocycles. The van der Waals surface area contributed by atoms with Crippen LogP contribution >= 0.6 is 0 Å². The van der Waals surface area contributed by atoms with Crippen LogP contribution in [0.25, 0.3) is 0 Å². The summed E-state index contributed by atoms with van der Waals surface area (Å²) in [6.07, 6.45) is 7.38. The van der Waals surface area contributed by atoms with E-state index in [0.717, 1.165) is 5.54 Å². The Morgan fingerprint density at radius 3 is 2.69 bits per heavy atom. The number of hydrogen-bond acceptors (Lipinski definition) is 1. The number of hydrogen-bond donors (Lipinski definition) is 0. The predicted molar refractivity (Wildman–Crippen MR) is 72.6 cm³/mol. The molecule has 0 aromatic carbocycles. The van der Waals surface area contributed by atoms with Gasteiger partial charge < -0.3 is 0 Å². The largest absolute Gasteiger partial charge is 0.261 e. The molecule has 88 valence electrons. The van der Waals surface area contributed by atoms with Crippen molar-refractivity contribution in [2.75, 3.05) is 0 Å². The molecule has 16 heavy (non-hydrogen) atoms. The number of pyridine rings is 1. The first-order chi connectivity index (χ1) is 7.48. The van der Waals surface area contributed by atoms with Crippen molar-refractivity contribution in [2.45, 2.75) is 57.8 Å². The fraction of sp³-hybridized carbons (Fsp3) is 0.643. The highest BCUT2D eigenvalue weighted by molar-refractivity contribution is 6.77. The molecule has 0 bridgehead atoms. The average molecular weight is 233 g/mol. The van der Waals surface area contributed by atoms with Crippen molar-refractivity contribution in [3.05, 3.63) is 29.1 Å². The molecule has 1 aliphatic rings. The van der Waals surface area contributed by atoms with Crippen molar-refractivity contribution in [2.24, 2.45) is 0 Å². The smallest absolute Gasteiger partial charge is 0.0541 e. The third-order valence-corrected chi connectivity index (χ3v) is 6.36. The Kier molecular flexibility index (Phi) is 3.20. The monoisotopic (exact) mass is 233 g/mol. The van der Waals surface area contributed by atoms with Crippen LogP contribution in [0.5, 0.6) is 0 Å². The van der Waals surface area contributed by atoms with Gasteiger partial charge in [0.25, 0.3) is 0 Å². The van der Waals surface area contributed by atoms with E-state index in [1.807, 2.05) is 0 Å². The van der Waals surface area contributed by atoms with E-state index in [2.05, 4.69) is 38.8 Å². The Bertz CT molecular complexity index is 379. The van der Waals surface area contributed by atoms with Crippen LogP contribution in [0.2, 0.25) is 19.6 Å². The summed E-state index contributed by atoms with van der Waals surface area (Å²) < 4.78 is 0. The van der Waals surface area contributed by atoms with Crippen LogP contribution in [0.3, 0.4) is 0 Å². The molecular formula is C14H23NSi. The zero-order chi connectivity index (χ0) is 11.8. The minimum atomic E-state index is -1.12. The SMILES string of the molecule is Cc1cnc2c(c1)CCCCC2[Si](C)(C)C. The third-order valence-electron chi connectivity index (χ3n) is 3.70. The lowest BCUT2D eigenvalue weighted by molar-refractivity contribution is 0.682. The molecule has 0 radical (unpaired) electrons. The van der Waals surface area contributed by atoms with Crippen molar-refractivity contribution in [1.29, 1.82) is 0 Å². The van der Waals surface area contributed by atoms with Gasteiger partial charge in [0.2, 0.25) is 0 Å². The maximum Gasteiger partial charge on any atom is 0.0541 e. The first kappa shape index (κ1) is 11.8. The molecular weight excluding hydrogens is 210 g/mol. The summed E-state index contributed by atoms with van der Waals surface area (Å²) in [4.78, 5) is 4.76. The number of aromatic nitrogens is 1. The molecule has 0 amide bonds. The Morgan fingerprint density at radius 1 is 1.25 bits per heavy atom. The summed E-state index contributed by atoms with van der Waals surface area (Å²) in [6, 6.07) is 2.36. The van der Waals surface area contributed by atoms with Crippen LogP contribution in [0, 0.1) is 6.92 Å². The molecule has 1 unspecified atom stereocenters. The first-order valence-electron chi connectivity index (χ1n) is 6.44. The Labute approximate surface area is 100 Å². The second kappa shape index (κ2) is 4.32. The van der Waals surface area contributed by atoms with E-state index in [0.29, 0.717) is 0 Å². The number of aryl methyl sites for hydroxylation is 2. The Morgan fingerprint density at radius 2 is 2.00 bits per heavy atom. The lowest BCUT2D eigenvalue weighted by Gasteiger charge is -2.28. The molecule has 0 saturated heterocycles. The molecule has 0 spiro atoms. The standard InChI is InChI=1S/C14H23NSi/c1-11-9-12-7-5-6-8-13(16(2,3)4)14(12)15-10-11/h9-10,13H,5-8H2,1-4H3. The van der Waals surface area contributed by atoms with Gasteiger partial charge in [-0.25, -0.2) is 0 Å². The molecule has 2 heteroatoms. The fourth-order valence-electron chi connectivity index (χ4n) is 2.80. The summed E-state index contributed by atoms with van der Waals surface area (Å²) in [5.74, 6) is 0. The van der Waals surface area contributed by atoms with Crippen LogP contribution in [0.4, 0.5) is 0 Å². The van der Waals surface area contributed by atoms with Gasteiger partial charge in [-0.15, -0.1) is 0 Å². The zero-order valence-corrected chi connectivity index (χ0v) is 12.0. The highest BCUT2D eigenvalue weighted by atomic mass is 28.3. The zero-order valence-electron chi connectivity index (χ0n) is 11.0. The molecule has 0 fully saturated rings. The third kappa shape index (κ3) is 2.37. The quantitative estimate of drug-likeness (QED) is 0.526. The van der Waals surface area contributed by atoms with Crippen LogP contribution in [-0.4, -0.2) is 13.1 Å². The van der Waals surface area contributed by atoms with Gasteiger partial charge in [0, 0.05) is 11.9 Å². The van der Waals surface area contributed by atoms with Gasteiger partial charge in [-0.3, -0.25) is 4.98 Å². The molecule has 1 nitrogen and oxygen atoms in total. The van der Waals surface area contributed by atoms with E-state index >= 15 is 0 Å². The maximum atomic E-state index is 4.76. The maximum absolute atomic E-state index is 4.76. The Balaban J connectivity index is 2.45. The van der Waals surface area contributed by atoms with Gasteiger partial charge in [-0.05, 0) is 42.9 Å². The summed E-state index contributed by atoms with van der Waals surface area (Å²) >= 11 is 0. The summed E-state index contributed by atoms with van der Waals surface area (Å²) in [6.45, 7) is 9.60. The van der Waals surface area contributed by atoms with Crippen molar-refractivity contribution < 1.29 is 0 Å². The van der Waals surface area contributed by atoms with E-state index in [1.165, 1.54) is 42.5 Å². The summed E-state index contributed by atoms with van der Waals surface area (Å²) in [5.41, 5.74) is 5.05. The van der Waals surface area contributed by atoms with E-state index in [9.17, 15) is 0 Å². The normalized spacial score (nSPS) is 21.4. The predicted octanol–water partition coefficient (Wildman–Crippen LogP) is 4.08. The highest BCUT2D eigenvalue weighted by Gasteiger charge is 2.31. The van der Waals surface area contributed by atoms with E-state index in [4.69, 9.17) is 4.98 Å². The van der Waals surface area contributed by atoms with Crippen molar-refractivity contribution in [3.63, 3.8) is 0 Å². The number of rotatable bonds is 1. The van der Waals surface area contributed by atoms with Gasteiger partial charge >= 0.3 is 0 Å². The second-order valence-electron chi connectivity index (χ2n) is 6.22. The lowest BCUT2D eigenvalue weighted by atomic mass is 10.1. The lowest BCUT2D eigenvalue weighted by Crippen LogP contribution is -2.31. The molecule has 1 aromatic rings. The van der Waals surface area contributed by atoms with Crippen molar-refractivity contribution in [1.82, 2.24) is 4.98 Å². The van der Waals surface area contributed by atoms with Crippen LogP contribution in [0.15, 0.2) is 12.3 Å². The summed E-state index contributed by atoms with van der Waals surface area (Å²) in [5, 5.41) is 0. The molecule has 1 atom stereocenters. The summed E-state index contributed by atoms with van der Waals surface area (Å²) in [7, 11) is -1.12. The topological polar surface area (TPSA) is 12.9 Å². The molecule has 2 rings (SSSR count). The number of nitrogens with zero attached hydrogens (tertiary/aromatic N) is 1. The minimum Gasteiger partial charge on any atom is -0.261 e. The van der Waals surface area contributed by atoms with Crippen LogP contribution in [-0.2, 0) is 6.42 Å². The molecule has 0 N–H and O–H groups in total. The molecule has 1 aromatic heterocycles. The molecule has 1 aliphatic carbocycles. The van der Waals surface area contributed by atoms with Gasteiger partial charge in [0.05, 0.1) is 8.07 Å². The highest BCUT2D eigenvalue weighted by Crippen LogP contribution is 2.35. The van der Waals surface area contributed by atoms with Gasteiger partial charge in [0.15, 0.2) is 0 Å². The van der Waals surface area contributed by atoms with Crippen LogP contribution in [0.1, 0.15) is 41.6 Å². The molecule has 0 aliphatic heterocycles. The van der Waals surface area contributed by atoms with E-state index < -0.39 is 8.07 Å². The van der Waals surface area contributed by atoms with E-state index in [-0.39, 0.29) is 0 Å². The molecule has 1 heterocycles. The van der Waals surface area contributed by atoms with Gasteiger partial charge in [-0.2, -0.15) is 0 Å². The van der Waals surface area contributed by atoms with Gasteiger partial charge in [0.1, 0.15) is 0 Å². The Hall–Kier alpha value is -0.633. The van der Waals surface area contributed by atoms with Crippen LogP contribution < -0.4 is 0 Å². The second-order valence-corrected chi connectivity index (χ2v) is 11.7. The fourth-order valence-corrected chi connectivity index (χ4v) is 4.95. The first-order valence-corrected chi connectivity index (χ1v) is 10.0. The average Bonchev–Trinajstić information content (AvgIpc) is 2.38. The van der Waals surface area contributed by atoms with Crippen molar-refractivity contribution in [3.8, 4) is 0 Å². The van der Waals surface area contributed by atoms with Crippen molar-refractivity contribution >= 4 is 8.07 Å². The number of fused-ring (bicyclic) bond motifs is 1. The minimum absolute atomic E-state index is 0.769. The van der Waals surface area contributed by atoms with Gasteiger partial charge in [-0.1, -0.05) is 32.1 Å². The van der Waals surface area contributed by atoms with E-state index in [1.54, 1.807) is 0 Å².